The SMILES string of the molecule is CCc1cc([N+](=O)[O-])c(O)cc1C. The van der Waals surface area contributed by atoms with Crippen LogP contribution in [0.15, 0.2) is 12.1 Å². The van der Waals surface area contributed by atoms with Crippen molar-refractivity contribution >= 4 is 5.69 Å². The third kappa shape index (κ3) is 1.77. The second kappa shape index (κ2) is 3.43. The summed E-state index contributed by atoms with van der Waals surface area (Å²) in [5.41, 5.74) is 1.55. The van der Waals surface area contributed by atoms with Crippen LogP contribution in [0.4, 0.5) is 5.69 Å². The minimum Gasteiger partial charge on any atom is -0.502 e. The Hall–Kier alpha value is -1.58. The van der Waals surface area contributed by atoms with Crippen LogP contribution in [0, 0.1) is 17.0 Å². The average Bonchev–Trinajstić information content (AvgIpc) is 2.03. The second-order valence-corrected chi connectivity index (χ2v) is 2.88. The van der Waals surface area contributed by atoms with E-state index in [2.05, 4.69) is 0 Å². The van der Waals surface area contributed by atoms with Crippen molar-refractivity contribution in [3.63, 3.8) is 0 Å². The number of nitrogens with zero attached hydrogens (tertiary/aromatic N) is 1. The van der Waals surface area contributed by atoms with Crippen molar-refractivity contribution in [3.05, 3.63) is 33.4 Å². The molecule has 0 aromatic heterocycles. The monoisotopic (exact) mass is 181 g/mol. The molecular weight excluding hydrogens is 170 g/mol. The summed E-state index contributed by atoms with van der Waals surface area (Å²) >= 11 is 0. The topological polar surface area (TPSA) is 63.4 Å². The lowest BCUT2D eigenvalue weighted by Crippen LogP contribution is -1.93. The minimum absolute atomic E-state index is 0.220. The van der Waals surface area contributed by atoms with Gasteiger partial charge in [-0.2, -0.15) is 0 Å². The Labute approximate surface area is 76.0 Å². The maximum absolute atomic E-state index is 10.4. The molecule has 1 rings (SSSR count). The highest BCUT2D eigenvalue weighted by Crippen LogP contribution is 2.28. The summed E-state index contributed by atoms with van der Waals surface area (Å²) in [6.07, 6.45) is 0.729. The number of aromatic hydroxyl groups is 1. The van der Waals surface area contributed by atoms with Crippen molar-refractivity contribution in [1.82, 2.24) is 0 Å². The van der Waals surface area contributed by atoms with Crippen molar-refractivity contribution in [2.24, 2.45) is 0 Å². The van der Waals surface area contributed by atoms with Gasteiger partial charge in [0, 0.05) is 6.07 Å². The van der Waals surface area contributed by atoms with Crippen LogP contribution in [0.2, 0.25) is 0 Å². The van der Waals surface area contributed by atoms with E-state index in [0.717, 1.165) is 17.5 Å². The molecule has 0 amide bonds. The number of benzene rings is 1. The molecule has 13 heavy (non-hydrogen) atoms. The van der Waals surface area contributed by atoms with E-state index in [-0.39, 0.29) is 11.4 Å². The molecule has 1 aromatic rings. The Morgan fingerprint density at radius 1 is 1.54 bits per heavy atom. The lowest BCUT2D eigenvalue weighted by molar-refractivity contribution is -0.385. The molecule has 1 N–H and O–H groups in total. The smallest absolute Gasteiger partial charge is 0.310 e. The third-order valence-electron chi connectivity index (χ3n) is 2.01. The van der Waals surface area contributed by atoms with E-state index in [9.17, 15) is 15.2 Å². The third-order valence-corrected chi connectivity index (χ3v) is 2.01. The van der Waals surface area contributed by atoms with E-state index in [4.69, 9.17) is 0 Å². The summed E-state index contributed by atoms with van der Waals surface area (Å²) in [5.74, 6) is -0.264. The number of hydrogen-bond donors (Lipinski definition) is 1. The van der Waals surface area contributed by atoms with Gasteiger partial charge >= 0.3 is 5.69 Å². The predicted molar refractivity (Wildman–Crippen MR) is 48.9 cm³/mol. The molecule has 1 aromatic carbocycles. The van der Waals surface area contributed by atoms with Gasteiger partial charge in [0.25, 0.3) is 0 Å². The molecule has 0 radical (unpaired) electrons. The van der Waals surface area contributed by atoms with Gasteiger partial charge in [0.05, 0.1) is 4.92 Å². The zero-order valence-corrected chi connectivity index (χ0v) is 7.57. The van der Waals surface area contributed by atoms with Gasteiger partial charge in [0.15, 0.2) is 5.75 Å². The number of rotatable bonds is 2. The number of aryl methyl sites for hydroxylation is 2. The van der Waals surface area contributed by atoms with Crippen LogP contribution >= 0.6 is 0 Å². The first-order valence-corrected chi connectivity index (χ1v) is 4.03. The summed E-state index contributed by atoms with van der Waals surface area (Å²) in [7, 11) is 0. The largest absolute Gasteiger partial charge is 0.502 e. The Morgan fingerprint density at radius 3 is 2.62 bits per heavy atom. The first-order chi connectivity index (χ1) is 6.06. The van der Waals surface area contributed by atoms with E-state index >= 15 is 0 Å². The molecule has 0 unspecified atom stereocenters. The fourth-order valence-corrected chi connectivity index (χ4v) is 1.25. The molecule has 0 aliphatic rings. The minimum atomic E-state index is -0.575. The first kappa shape index (κ1) is 9.51. The summed E-state index contributed by atoms with van der Waals surface area (Å²) in [6, 6.07) is 2.85. The lowest BCUT2D eigenvalue weighted by Gasteiger charge is -2.03. The van der Waals surface area contributed by atoms with Crippen LogP contribution in [0.1, 0.15) is 18.1 Å². The van der Waals surface area contributed by atoms with E-state index in [0.29, 0.717) is 0 Å². The van der Waals surface area contributed by atoms with Crippen LogP contribution in [0.25, 0.3) is 0 Å². The molecule has 0 atom stereocenters. The Morgan fingerprint density at radius 2 is 2.15 bits per heavy atom. The summed E-state index contributed by atoms with van der Waals surface area (Å²) in [6.45, 7) is 3.74. The van der Waals surface area contributed by atoms with Crippen molar-refractivity contribution in [1.29, 1.82) is 0 Å². The van der Waals surface area contributed by atoms with Crippen molar-refractivity contribution in [2.75, 3.05) is 0 Å². The number of phenolic OH excluding ortho intramolecular Hbond substituents is 1. The summed E-state index contributed by atoms with van der Waals surface area (Å²) in [4.78, 5) is 9.87. The molecular formula is C9H11NO3. The Balaban J connectivity index is 3.30. The number of nitro benzene ring substituents is 1. The van der Waals surface area contributed by atoms with Crippen molar-refractivity contribution in [2.45, 2.75) is 20.3 Å². The van der Waals surface area contributed by atoms with Gasteiger partial charge in [-0.15, -0.1) is 0 Å². The van der Waals surface area contributed by atoms with E-state index in [1.54, 1.807) is 0 Å². The average molecular weight is 181 g/mol. The molecule has 0 aliphatic heterocycles. The lowest BCUT2D eigenvalue weighted by atomic mass is 10.1. The van der Waals surface area contributed by atoms with Gasteiger partial charge in [-0.3, -0.25) is 10.1 Å². The van der Waals surface area contributed by atoms with Gasteiger partial charge in [-0.05, 0) is 30.5 Å². The van der Waals surface area contributed by atoms with E-state index in [1.165, 1.54) is 12.1 Å². The van der Waals surface area contributed by atoms with Gasteiger partial charge in [-0.25, -0.2) is 0 Å². The number of phenols is 1. The maximum atomic E-state index is 10.4. The molecule has 0 spiro atoms. The molecule has 70 valence electrons. The van der Waals surface area contributed by atoms with E-state index < -0.39 is 4.92 Å². The molecule has 0 bridgehead atoms. The molecule has 0 saturated carbocycles. The first-order valence-electron chi connectivity index (χ1n) is 4.03. The van der Waals surface area contributed by atoms with Crippen molar-refractivity contribution in [3.8, 4) is 5.75 Å². The van der Waals surface area contributed by atoms with Crippen LogP contribution in [-0.4, -0.2) is 10.0 Å². The fraction of sp³-hybridized carbons (Fsp3) is 0.333. The van der Waals surface area contributed by atoms with Crippen LogP contribution in [0.3, 0.4) is 0 Å². The Bertz CT molecular complexity index is 347. The van der Waals surface area contributed by atoms with E-state index in [1.807, 2.05) is 13.8 Å². The zero-order valence-electron chi connectivity index (χ0n) is 7.57. The van der Waals surface area contributed by atoms with Gasteiger partial charge in [0.2, 0.25) is 0 Å². The van der Waals surface area contributed by atoms with Crippen LogP contribution in [0.5, 0.6) is 5.75 Å². The zero-order chi connectivity index (χ0) is 10.0. The predicted octanol–water partition coefficient (Wildman–Crippen LogP) is 2.17. The van der Waals surface area contributed by atoms with Crippen LogP contribution in [-0.2, 0) is 6.42 Å². The fourth-order valence-electron chi connectivity index (χ4n) is 1.25. The summed E-state index contributed by atoms with van der Waals surface area (Å²) < 4.78 is 0. The molecule has 0 aliphatic carbocycles. The summed E-state index contributed by atoms with van der Waals surface area (Å²) in [5, 5.41) is 19.7. The highest BCUT2D eigenvalue weighted by atomic mass is 16.6. The highest BCUT2D eigenvalue weighted by molar-refractivity contribution is 5.50. The molecule has 4 nitrogen and oxygen atoms in total. The molecule has 0 fully saturated rings. The standard InChI is InChI=1S/C9H11NO3/c1-3-7-5-8(10(12)13)9(11)4-6(7)2/h4-5,11H,3H2,1-2H3. The molecule has 0 heterocycles. The van der Waals surface area contributed by atoms with Crippen molar-refractivity contribution < 1.29 is 10.0 Å². The highest BCUT2D eigenvalue weighted by Gasteiger charge is 2.14. The normalized spacial score (nSPS) is 10.0. The van der Waals surface area contributed by atoms with Gasteiger partial charge in [0.1, 0.15) is 0 Å². The van der Waals surface area contributed by atoms with Crippen LogP contribution < -0.4 is 0 Å². The van der Waals surface area contributed by atoms with Gasteiger partial charge in [-0.1, -0.05) is 6.92 Å². The second-order valence-electron chi connectivity index (χ2n) is 2.88. The quantitative estimate of drug-likeness (QED) is 0.561. The Kier molecular flexibility index (Phi) is 2.51. The molecule has 0 saturated heterocycles. The number of nitro groups is 1. The molecule has 4 heteroatoms. The number of hydrogen-bond acceptors (Lipinski definition) is 3. The van der Waals surface area contributed by atoms with Gasteiger partial charge < -0.3 is 5.11 Å². The maximum Gasteiger partial charge on any atom is 0.310 e.